The number of likely N-dealkylation sites (N-methyl/N-ethyl adjacent to an activating group) is 2. The summed E-state index contributed by atoms with van der Waals surface area (Å²) < 4.78 is 13.1. The number of hydrogen-bond acceptors (Lipinski definition) is 3. The molecule has 2 rings (SSSR count). The minimum Gasteiger partial charge on any atom is -0.388 e. The molecule has 2 atom stereocenters. The molecule has 1 aromatic rings. The molecule has 0 aliphatic carbocycles. The SMILES string of the molecule is CN1CCCC(N(C)CCC(O)c2cccc(F)c2)C1. The summed E-state index contributed by atoms with van der Waals surface area (Å²) >= 11 is 0. The highest BCUT2D eigenvalue weighted by molar-refractivity contribution is 5.18. The number of aliphatic hydroxyl groups is 1. The Morgan fingerprint density at radius 2 is 2.30 bits per heavy atom. The Hall–Kier alpha value is -0.970. The predicted octanol–water partition coefficient (Wildman–Crippen LogP) is 2.28. The highest BCUT2D eigenvalue weighted by Gasteiger charge is 2.21. The van der Waals surface area contributed by atoms with E-state index in [0.29, 0.717) is 18.0 Å². The summed E-state index contributed by atoms with van der Waals surface area (Å²) in [7, 11) is 4.27. The fraction of sp³-hybridized carbons (Fsp3) is 0.625. The molecule has 1 saturated heterocycles. The Labute approximate surface area is 121 Å². The standard InChI is InChI=1S/C16H25FN2O/c1-18-9-4-7-15(12-18)19(2)10-8-16(20)13-5-3-6-14(17)11-13/h3,5-6,11,15-16,20H,4,7-10,12H2,1-2H3. The van der Waals surface area contributed by atoms with Gasteiger partial charge >= 0.3 is 0 Å². The summed E-state index contributed by atoms with van der Waals surface area (Å²) in [5, 5.41) is 10.1. The van der Waals surface area contributed by atoms with Crippen molar-refractivity contribution in [3.8, 4) is 0 Å². The Bertz CT molecular complexity index is 427. The number of aliphatic hydroxyl groups excluding tert-OH is 1. The molecule has 1 aromatic carbocycles. The summed E-state index contributed by atoms with van der Waals surface area (Å²) in [5.74, 6) is -0.288. The second kappa shape index (κ2) is 7.16. The first-order valence-corrected chi connectivity index (χ1v) is 7.38. The monoisotopic (exact) mass is 280 g/mol. The summed E-state index contributed by atoms with van der Waals surface area (Å²) in [6, 6.07) is 6.81. The molecule has 20 heavy (non-hydrogen) atoms. The molecule has 0 saturated carbocycles. The van der Waals surface area contributed by atoms with Crippen LogP contribution in [0.4, 0.5) is 4.39 Å². The van der Waals surface area contributed by atoms with Crippen LogP contribution in [0.2, 0.25) is 0 Å². The van der Waals surface area contributed by atoms with Gasteiger partial charge in [0.05, 0.1) is 6.10 Å². The van der Waals surface area contributed by atoms with Crippen LogP contribution in [0.3, 0.4) is 0 Å². The van der Waals surface area contributed by atoms with Crippen molar-refractivity contribution in [2.45, 2.75) is 31.4 Å². The van der Waals surface area contributed by atoms with Gasteiger partial charge in [-0.1, -0.05) is 12.1 Å². The number of halogens is 1. The van der Waals surface area contributed by atoms with Gasteiger partial charge in [-0.2, -0.15) is 0 Å². The molecule has 0 amide bonds. The van der Waals surface area contributed by atoms with Crippen LogP contribution in [-0.4, -0.2) is 54.7 Å². The topological polar surface area (TPSA) is 26.7 Å². The maximum atomic E-state index is 13.1. The summed E-state index contributed by atoms with van der Waals surface area (Å²) in [6.07, 6.45) is 2.50. The van der Waals surface area contributed by atoms with Gasteiger partial charge in [0.15, 0.2) is 0 Å². The summed E-state index contributed by atoms with van der Waals surface area (Å²) in [5.41, 5.74) is 0.666. The maximum absolute atomic E-state index is 13.1. The lowest BCUT2D eigenvalue weighted by atomic mass is 10.0. The molecule has 1 N–H and O–H groups in total. The first-order chi connectivity index (χ1) is 9.56. The van der Waals surface area contributed by atoms with Gasteiger partial charge in [0, 0.05) is 19.1 Å². The molecule has 1 heterocycles. The van der Waals surface area contributed by atoms with Crippen molar-refractivity contribution < 1.29 is 9.50 Å². The van der Waals surface area contributed by atoms with Crippen molar-refractivity contribution in [3.05, 3.63) is 35.6 Å². The zero-order valence-corrected chi connectivity index (χ0v) is 12.4. The molecule has 112 valence electrons. The molecule has 1 aliphatic rings. The van der Waals surface area contributed by atoms with E-state index in [0.717, 1.165) is 13.1 Å². The zero-order valence-electron chi connectivity index (χ0n) is 12.4. The molecule has 1 aliphatic heterocycles. The maximum Gasteiger partial charge on any atom is 0.123 e. The third-order valence-electron chi connectivity index (χ3n) is 4.21. The van der Waals surface area contributed by atoms with Crippen LogP contribution in [0.25, 0.3) is 0 Å². The molecule has 2 unspecified atom stereocenters. The molecule has 4 heteroatoms. The van der Waals surface area contributed by atoms with Crippen LogP contribution in [0.1, 0.15) is 30.9 Å². The van der Waals surface area contributed by atoms with E-state index in [2.05, 4.69) is 23.9 Å². The summed E-state index contributed by atoms with van der Waals surface area (Å²) in [4.78, 5) is 4.67. The molecular formula is C16H25FN2O. The molecular weight excluding hydrogens is 255 g/mol. The number of hydrogen-bond donors (Lipinski definition) is 1. The van der Waals surface area contributed by atoms with Crippen molar-refractivity contribution in [1.29, 1.82) is 0 Å². The van der Waals surface area contributed by atoms with Crippen molar-refractivity contribution in [2.75, 3.05) is 33.7 Å². The fourth-order valence-corrected chi connectivity index (χ4v) is 2.89. The zero-order chi connectivity index (χ0) is 14.5. The second-order valence-electron chi connectivity index (χ2n) is 5.90. The normalized spacial score (nSPS) is 22.1. The van der Waals surface area contributed by atoms with Gasteiger partial charge in [-0.15, -0.1) is 0 Å². The van der Waals surface area contributed by atoms with E-state index in [1.54, 1.807) is 12.1 Å². The molecule has 3 nitrogen and oxygen atoms in total. The first-order valence-electron chi connectivity index (χ1n) is 7.38. The van der Waals surface area contributed by atoms with Crippen molar-refractivity contribution in [1.82, 2.24) is 9.80 Å². The smallest absolute Gasteiger partial charge is 0.123 e. The van der Waals surface area contributed by atoms with E-state index >= 15 is 0 Å². The van der Waals surface area contributed by atoms with E-state index in [-0.39, 0.29) is 5.82 Å². The Morgan fingerprint density at radius 3 is 3.00 bits per heavy atom. The van der Waals surface area contributed by atoms with Gasteiger partial charge in [-0.25, -0.2) is 4.39 Å². The lowest BCUT2D eigenvalue weighted by Gasteiger charge is -2.36. The lowest BCUT2D eigenvalue weighted by molar-refractivity contribution is 0.104. The van der Waals surface area contributed by atoms with E-state index in [1.165, 1.54) is 31.5 Å². The van der Waals surface area contributed by atoms with Gasteiger partial charge in [0.1, 0.15) is 5.82 Å². The number of rotatable bonds is 5. The highest BCUT2D eigenvalue weighted by Crippen LogP contribution is 2.19. The lowest BCUT2D eigenvalue weighted by Crippen LogP contribution is -2.45. The summed E-state index contributed by atoms with van der Waals surface area (Å²) in [6.45, 7) is 3.10. The van der Waals surface area contributed by atoms with E-state index in [4.69, 9.17) is 0 Å². The highest BCUT2D eigenvalue weighted by atomic mass is 19.1. The van der Waals surface area contributed by atoms with Crippen LogP contribution in [0.5, 0.6) is 0 Å². The first kappa shape index (κ1) is 15.4. The van der Waals surface area contributed by atoms with Gasteiger partial charge in [0.25, 0.3) is 0 Å². The Morgan fingerprint density at radius 1 is 1.50 bits per heavy atom. The predicted molar refractivity (Wildman–Crippen MR) is 79.1 cm³/mol. The molecule has 1 fully saturated rings. The Balaban J connectivity index is 1.82. The van der Waals surface area contributed by atoms with Crippen LogP contribution < -0.4 is 0 Å². The molecule has 0 spiro atoms. The third-order valence-corrected chi connectivity index (χ3v) is 4.21. The van der Waals surface area contributed by atoms with Crippen LogP contribution >= 0.6 is 0 Å². The van der Waals surface area contributed by atoms with E-state index in [1.807, 2.05) is 0 Å². The van der Waals surface area contributed by atoms with Gasteiger partial charge in [-0.3, -0.25) is 0 Å². The molecule has 0 aromatic heterocycles. The third kappa shape index (κ3) is 4.27. The van der Waals surface area contributed by atoms with E-state index < -0.39 is 6.10 Å². The van der Waals surface area contributed by atoms with Gasteiger partial charge < -0.3 is 14.9 Å². The van der Waals surface area contributed by atoms with Crippen LogP contribution in [0.15, 0.2) is 24.3 Å². The average molecular weight is 280 g/mol. The number of benzene rings is 1. The molecule has 0 bridgehead atoms. The quantitative estimate of drug-likeness (QED) is 0.896. The minimum absolute atomic E-state index is 0.288. The molecule has 0 radical (unpaired) electrons. The second-order valence-corrected chi connectivity index (χ2v) is 5.90. The average Bonchev–Trinajstić information content (AvgIpc) is 2.44. The number of likely N-dealkylation sites (tertiary alicyclic amines) is 1. The minimum atomic E-state index is -0.588. The van der Waals surface area contributed by atoms with Crippen molar-refractivity contribution in [2.24, 2.45) is 0 Å². The largest absolute Gasteiger partial charge is 0.388 e. The van der Waals surface area contributed by atoms with E-state index in [9.17, 15) is 9.50 Å². The van der Waals surface area contributed by atoms with Crippen molar-refractivity contribution >= 4 is 0 Å². The Kier molecular flexibility index (Phi) is 5.52. The fourth-order valence-electron chi connectivity index (χ4n) is 2.89. The van der Waals surface area contributed by atoms with Gasteiger partial charge in [-0.05, 0) is 57.6 Å². The van der Waals surface area contributed by atoms with Crippen molar-refractivity contribution in [3.63, 3.8) is 0 Å². The number of piperidine rings is 1. The number of nitrogens with zero attached hydrogens (tertiary/aromatic N) is 2. The van der Waals surface area contributed by atoms with Gasteiger partial charge in [0.2, 0.25) is 0 Å². The van der Waals surface area contributed by atoms with Crippen LogP contribution in [0, 0.1) is 5.82 Å². The van der Waals surface area contributed by atoms with Crippen LogP contribution in [-0.2, 0) is 0 Å².